The van der Waals surface area contributed by atoms with Gasteiger partial charge in [-0.25, -0.2) is 0 Å². The maximum absolute atomic E-state index is 9.61. The molecule has 0 bridgehead atoms. The van der Waals surface area contributed by atoms with E-state index in [1.165, 1.54) is 32.1 Å². The third kappa shape index (κ3) is 6.76. The number of rotatable bonds is 3. The third-order valence-corrected chi connectivity index (χ3v) is 2.70. The standard InChI is InChI=1S/C7H14.C4H9NO/c1-2-7-5-3-4-6-7;1-2-4(5)3-6/h7H,2-6H2,1H3;3-4H,2,5H2,1H3. The number of nitrogens with two attached hydrogens (primary N) is 1. The first kappa shape index (κ1) is 12.6. The van der Waals surface area contributed by atoms with Gasteiger partial charge in [0.25, 0.3) is 0 Å². The molecule has 1 unspecified atom stereocenters. The maximum atomic E-state index is 9.61. The van der Waals surface area contributed by atoms with Gasteiger partial charge in [-0.05, 0) is 12.3 Å². The summed E-state index contributed by atoms with van der Waals surface area (Å²) in [5.74, 6) is 1.10. The third-order valence-electron chi connectivity index (χ3n) is 2.70. The van der Waals surface area contributed by atoms with Crippen LogP contribution in [0.4, 0.5) is 0 Å². The first-order valence-corrected chi connectivity index (χ1v) is 5.45. The highest BCUT2D eigenvalue weighted by Crippen LogP contribution is 2.26. The average Bonchev–Trinajstić information content (AvgIpc) is 2.70. The van der Waals surface area contributed by atoms with Gasteiger partial charge in [0.1, 0.15) is 6.29 Å². The van der Waals surface area contributed by atoms with Crippen LogP contribution in [0.15, 0.2) is 0 Å². The number of carbonyl (C=O) groups is 1. The molecule has 0 aliphatic heterocycles. The zero-order chi connectivity index (χ0) is 10.1. The second kappa shape index (κ2) is 8.24. The van der Waals surface area contributed by atoms with Gasteiger partial charge in [0, 0.05) is 0 Å². The number of hydrogen-bond acceptors (Lipinski definition) is 2. The van der Waals surface area contributed by atoms with Gasteiger partial charge >= 0.3 is 0 Å². The molecule has 2 nitrogen and oxygen atoms in total. The van der Waals surface area contributed by atoms with Crippen molar-refractivity contribution < 1.29 is 4.79 Å². The molecule has 1 rings (SSSR count). The molecule has 0 saturated heterocycles. The molecule has 0 heterocycles. The molecule has 1 saturated carbocycles. The Morgan fingerprint density at radius 2 is 1.92 bits per heavy atom. The van der Waals surface area contributed by atoms with Crippen molar-refractivity contribution in [2.75, 3.05) is 0 Å². The van der Waals surface area contributed by atoms with Crippen LogP contribution in [0.25, 0.3) is 0 Å². The lowest BCUT2D eigenvalue weighted by atomic mass is 10.1. The number of carbonyl (C=O) groups excluding carboxylic acids is 1. The van der Waals surface area contributed by atoms with E-state index < -0.39 is 0 Å². The van der Waals surface area contributed by atoms with Crippen LogP contribution in [0.2, 0.25) is 0 Å². The Hall–Kier alpha value is -0.370. The summed E-state index contributed by atoms with van der Waals surface area (Å²) >= 11 is 0. The lowest BCUT2D eigenvalue weighted by molar-refractivity contribution is -0.108. The minimum Gasteiger partial charge on any atom is -0.322 e. The van der Waals surface area contributed by atoms with Crippen molar-refractivity contribution in [1.82, 2.24) is 0 Å². The average molecular weight is 185 g/mol. The van der Waals surface area contributed by atoms with Crippen molar-refractivity contribution in [2.24, 2.45) is 11.7 Å². The minimum atomic E-state index is -0.245. The van der Waals surface area contributed by atoms with E-state index in [4.69, 9.17) is 5.73 Å². The van der Waals surface area contributed by atoms with E-state index in [-0.39, 0.29) is 6.04 Å². The lowest BCUT2D eigenvalue weighted by Gasteiger charge is -1.99. The van der Waals surface area contributed by atoms with E-state index in [0.29, 0.717) is 0 Å². The molecule has 1 aliphatic rings. The Balaban J connectivity index is 0.000000226. The normalized spacial score (nSPS) is 19.0. The topological polar surface area (TPSA) is 43.1 Å². The molecule has 2 heteroatoms. The molecule has 0 amide bonds. The fourth-order valence-corrected chi connectivity index (χ4v) is 1.51. The van der Waals surface area contributed by atoms with Gasteiger partial charge < -0.3 is 10.5 Å². The Morgan fingerprint density at radius 3 is 2.08 bits per heavy atom. The van der Waals surface area contributed by atoms with E-state index in [1.54, 1.807) is 0 Å². The van der Waals surface area contributed by atoms with Crippen LogP contribution in [-0.2, 0) is 4.79 Å². The van der Waals surface area contributed by atoms with Crippen molar-refractivity contribution in [1.29, 1.82) is 0 Å². The van der Waals surface area contributed by atoms with Gasteiger partial charge in [-0.2, -0.15) is 0 Å². The molecule has 78 valence electrons. The van der Waals surface area contributed by atoms with Crippen LogP contribution in [-0.4, -0.2) is 12.3 Å². The highest BCUT2D eigenvalue weighted by molar-refractivity contribution is 5.56. The van der Waals surface area contributed by atoms with Crippen molar-refractivity contribution >= 4 is 6.29 Å². The summed E-state index contributed by atoms with van der Waals surface area (Å²) in [7, 11) is 0. The van der Waals surface area contributed by atoms with Crippen LogP contribution in [0.3, 0.4) is 0 Å². The van der Waals surface area contributed by atoms with Crippen LogP contribution in [0.5, 0.6) is 0 Å². The summed E-state index contributed by atoms with van der Waals surface area (Å²) in [5.41, 5.74) is 5.10. The predicted octanol–water partition coefficient (Wildman–Crippen LogP) is 2.51. The van der Waals surface area contributed by atoms with Crippen LogP contribution in [0, 0.1) is 5.92 Å². The van der Waals surface area contributed by atoms with Gasteiger partial charge in [0.05, 0.1) is 6.04 Å². The molecule has 2 N–H and O–H groups in total. The van der Waals surface area contributed by atoms with E-state index >= 15 is 0 Å². The summed E-state index contributed by atoms with van der Waals surface area (Å²) in [6.45, 7) is 4.18. The highest BCUT2D eigenvalue weighted by Gasteiger charge is 2.11. The molecular formula is C11H23NO. The van der Waals surface area contributed by atoms with Crippen molar-refractivity contribution in [3.63, 3.8) is 0 Å². The van der Waals surface area contributed by atoms with Gasteiger partial charge in [-0.15, -0.1) is 0 Å². The van der Waals surface area contributed by atoms with Crippen molar-refractivity contribution in [2.45, 2.75) is 58.4 Å². The summed E-state index contributed by atoms with van der Waals surface area (Å²) in [6, 6.07) is -0.245. The Bertz CT molecular complexity index is 119. The Kier molecular flexibility index (Phi) is 8.00. The van der Waals surface area contributed by atoms with E-state index in [1.807, 2.05) is 6.92 Å². The molecular weight excluding hydrogens is 162 g/mol. The van der Waals surface area contributed by atoms with Gasteiger partial charge in [-0.3, -0.25) is 0 Å². The molecule has 1 fully saturated rings. The Labute approximate surface area is 81.9 Å². The summed E-state index contributed by atoms with van der Waals surface area (Å²) in [6.07, 6.45) is 8.92. The zero-order valence-electron chi connectivity index (χ0n) is 8.96. The van der Waals surface area contributed by atoms with Crippen LogP contribution >= 0.6 is 0 Å². The fourth-order valence-electron chi connectivity index (χ4n) is 1.51. The fraction of sp³-hybridized carbons (Fsp3) is 0.909. The molecule has 0 aromatic rings. The summed E-state index contributed by atoms with van der Waals surface area (Å²) in [4.78, 5) is 9.61. The molecule has 0 radical (unpaired) electrons. The first-order valence-electron chi connectivity index (χ1n) is 5.45. The van der Waals surface area contributed by atoms with Gasteiger partial charge in [-0.1, -0.05) is 46.0 Å². The van der Waals surface area contributed by atoms with Gasteiger partial charge in [0.15, 0.2) is 0 Å². The minimum absolute atomic E-state index is 0.245. The van der Waals surface area contributed by atoms with E-state index in [9.17, 15) is 4.79 Å². The number of aldehydes is 1. The second-order valence-corrected chi connectivity index (χ2v) is 3.77. The quantitative estimate of drug-likeness (QED) is 0.686. The van der Waals surface area contributed by atoms with Crippen LogP contribution in [0.1, 0.15) is 52.4 Å². The van der Waals surface area contributed by atoms with Gasteiger partial charge in [0.2, 0.25) is 0 Å². The lowest BCUT2D eigenvalue weighted by Crippen LogP contribution is -2.19. The Morgan fingerprint density at radius 1 is 1.38 bits per heavy atom. The molecule has 1 aliphatic carbocycles. The van der Waals surface area contributed by atoms with E-state index in [0.717, 1.165) is 18.6 Å². The molecule has 1 atom stereocenters. The smallest absolute Gasteiger partial charge is 0.136 e. The maximum Gasteiger partial charge on any atom is 0.136 e. The molecule has 13 heavy (non-hydrogen) atoms. The second-order valence-electron chi connectivity index (χ2n) is 3.77. The summed E-state index contributed by atoms with van der Waals surface area (Å²) in [5, 5.41) is 0. The largest absolute Gasteiger partial charge is 0.322 e. The number of hydrogen-bond donors (Lipinski definition) is 1. The summed E-state index contributed by atoms with van der Waals surface area (Å²) < 4.78 is 0. The highest BCUT2D eigenvalue weighted by atomic mass is 16.1. The molecule has 0 aromatic carbocycles. The first-order chi connectivity index (χ1) is 6.24. The monoisotopic (exact) mass is 185 g/mol. The van der Waals surface area contributed by atoms with Crippen LogP contribution < -0.4 is 5.73 Å². The predicted molar refractivity (Wildman–Crippen MR) is 56.6 cm³/mol. The van der Waals surface area contributed by atoms with Crippen molar-refractivity contribution in [3.8, 4) is 0 Å². The molecule has 0 aromatic heterocycles. The zero-order valence-corrected chi connectivity index (χ0v) is 8.96. The molecule has 0 spiro atoms. The van der Waals surface area contributed by atoms with E-state index in [2.05, 4.69) is 6.92 Å². The van der Waals surface area contributed by atoms with Crippen molar-refractivity contribution in [3.05, 3.63) is 0 Å². The SMILES string of the molecule is CCC(N)C=O.CCC1CCCC1.